The minimum absolute atomic E-state index is 0.262. The van der Waals surface area contributed by atoms with E-state index >= 15 is 0 Å². The number of aromatic nitrogens is 1. The van der Waals surface area contributed by atoms with Crippen molar-refractivity contribution in [2.24, 2.45) is 0 Å². The van der Waals surface area contributed by atoms with E-state index in [-0.39, 0.29) is 12.0 Å². The van der Waals surface area contributed by atoms with Crippen LogP contribution in [0.1, 0.15) is 12.8 Å². The van der Waals surface area contributed by atoms with E-state index in [0.29, 0.717) is 17.2 Å². The Balaban J connectivity index is 2.11. The van der Waals surface area contributed by atoms with Crippen LogP contribution in [-0.2, 0) is 0 Å². The van der Waals surface area contributed by atoms with E-state index in [4.69, 9.17) is 19.7 Å². The van der Waals surface area contributed by atoms with Crippen molar-refractivity contribution in [3.8, 4) is 22.8 Å². The fraction of sp³-hybridized carbons (Fsp3) is 0.308. The van der Waals surface area contributed by atoms with Gasteiger partial charge in [0.1, 0.15) is 5.69 Å². The van der Waals surface area contributed by atoms with E-state index in [1.54, 1.807) is 13.2 Å². The lowest BCUT2D eigenvalue weighted by molar-refractivity contribution is 0.283. The first-order valence-corrected chi connectivity index (χ1v) is 6.73. The highest BCUT2D eigenvalue weighted by molar-refractivity contribution is 9.10. The molecule has 19 heavy (non-hydrogen) atoms. The summed E-state index contributed by atoms with van der Waals surface area (Å²) >= 11 is 3.45. The number of halogens is 1. The molecule has 0 atom stereocenters. The smallest absolute Gasteiger partial charge is 0.222 e. The molecule has 1 heterocycles. The average molecular weight is 325 g/mol. The van der Waals surface area contributed by atoms with Gasteiger partial charge in [-0.3, -0.25) is 0 Å². The van der Waals surface area contributed by atoms with Gasteiger partial charge in [-0.1, -0.05) is 21.1 Å². The first-order valence-electron chi connectivity index (χ1n) is 5.94. The zero-order valence-electron chi connectivity index (χ0n) is 10.4. The summed E-state index contributed by atoms with van der Waals surface area (Å²) in [6.45, 7) is 0. The molecule has 0 radical (unpaired) electrons. The van der Waals surface area contributed by atoms with Gasteiger partial charge in [-0.25, -0.2) is 0 Å². The van der Waals surface area contributed by atoms with Gasteiger partial charge in [0, 0.05) is 10.5 Å². The Labute approximate surface area is 118 Å². The maximum absolute atomic E-state index is 5.93. The number of nitrogen functional groups attached to an aromatic ring is 1. The van der Waals surface area contributed by atoms with Crippen LogP contribution in [0.25, 0.3) is 11.3 Å². The lowest BCUT2D eigenvalue weighted by atomic mass is 10.1. The molecule has 6 heteroatoms. The van der Waals surface area contributed by atoms with E-state index in [9.17, 15) is 0 Å². The molecule has 3 rings (SSSR count). The minimum Gasteiger partial charge on any atom is -0.493 e. The van der Waals surface area contributed by atoms with E-state index in [2.05, 4.69) is 21.1 Å². The molecule has 2 aromatic rings. The molecule has 0 unspecified atom stereocenters. The lowest BCUT2D eigenvalue weighted by Gasteiger charge is -2.14. The molecule has 1 aliphatic rings. The summed E-state index contributed by atoms with van der Waals surface area (Å²) in [5, 5.41) is 3.93. The number of nitrogens with zero attached hydrogens (tertiary/aromatic N) is 1. The van der Waals surface area contributed by atoms with Crippen molar-refractivity contribution in [3.63, 3.8) is 0 Å². The Morgan fingerprint density at radius 3 is 2.74 bits per heavy atom. The number of ether oxygens (including phenoxy) is 2. The Morgan fingerprint density at radius 2 is 2.16 bits per heavy atom. The Bertz CT molecular complexity index is 608. The number of anilines is 1. The maximum Gasteiger partial charge on any atom is 0.222 e. The Morgan fingerprint density at radius 1 is 1.37 bits per heavy atom. The van der Waals surface area contributed by atoms with Gasteiger partial charge in [-0.05, 0) is 25.0 Å². The van der Waals surface area contributed by atoms with Crippen LogP contribution in [0, 0.1) is 0 Å². The molecule has 1 aromatic heterocycles. The summed E-state index contributed by atoms with van der Waals surface area (Å²) in [6.07, 6.45) is 2.40. The predicted octanol–water partition coefficient (Wildman–Crippen LogP) is 3.24. The quantitative estimate of drug-likeness (QED) is 0.934. The zero-order valence-corrected chi connectivity index (χ0v) is 11.9. The van der Waals surface area contributed by atoms with Crippen LogP contribution in [0.15, 0.2) is 27.2 Å². The van der Waals surface area contributed by atoms with Gasteiger partial charge < -0.3 is 19.7 Å². The van der Waals surface area contributed by atoms with Crippen LogP contribution in [0.4, 0.5) is 5.88 Å². The van der Waals surface area contributed by atoms with Gasteiger partial charge in [-0.15, -0.1) is 0 Å². The standard InChI is InChI=1S/C13H13BrN2O3/c1-17-11-5-7(14)4-9(10-6-12(15)19-16-10)13(11)18-8-2-3-8/h4-6,8H,2-3,15H2,1H3. The molecule has 0 spiro atoms. The third-order valence-corrected chi connectivity index (χ3v) is 3.31. The van der Waals surface area contributed by atoms with Crippen molar-refractivity contribution in [1.29, 1.82) is 0 Å². The summed E-state index contributed by atoms with van der Waals surface area (Å²) in [4.78, 5) is 0. The monoisotopic (exact) mass is 324 g/mol. The number of nitrogens with two attached hydrogens (primary N) is 1. The molecule has 1 saturated carbocycles. The first-order chi connectivity index (χ1) is 9.17. The molecule has 0 bridgehead atoms. The molecule has 1 fully saturated rings. The number of rotatable bonds is 4. The van der Waals surface area contributed by atoms with Gasteiger partial charge in [0.25, 0.3) is 0 Å². The second-order valence-corrected chi connectivity index (χ2v) is 5.33. The van der Waals surface area contributed by atoms with Crippen LogP contribution < -0.4 is 15.2 Å². The van der Waals surface area contributed by atoms with Crippen molar-refractivity contribution in [2.45, 2.75) is 18.9 Å². The molecule has 1 aliphatic carbocycles. The SMILES string of the molecule is COc1cc(Br)cc(-c2cc(N)on2)c1OC1CC1. The second kappa shape index (κ2) is 4.77. The van der Waals surface area contributed by atoms with E-state index in [1.165, 1.54) is 0 Å². The fourth-order valence-electron chi connectivity index (χ4n) is 1.80. The van der Waals surface area contributed by atoms with Crippen molar-refractivity contribution in [2.75, 3.05) is 12.8 Å². The number of hydrogen-bond donors (Lipinski definition) is 1. The van der Waals surface area contributed by atoms with Crippen LogP contribution >= 0.6 is 15.9 Å². The molecule has 0 aliphatic heterocycles. The summed E-state index contributed by atoms with van der Waals surface area (Å²) in [7, 11) is 1.61. The number of benzene rings is 1. The highest BCUT2D eigenvalue weighted by Crippen LogP contribution is 2.43. The molecule has 2 N–H and O–H groups in total. The van der Waals surface area contributed by atoms with Crippen LogP contribution in [-0.4, -0.2) is 18.4 Å². The van der Waals surface area contributed by atoms with Crippen molar-refractivity contribution < 1.29 is 14.0 Å². The third kappa shape index (κ3) is 2.53. The third-order valence-electron chi connectivity index (χ3n) is 2.85. The van der Waals surface area contributed by atoms with Crippen LogP contribution in [0.2, 0.25) is 0 Å². The zero-order chi connectivity index (χ0) is 13.4. The van der Waals surface area contributed by atoms with E-state index < -0.39 is 0 Å². The van der Waals surface area contributed by atoms with Crippen molar-refractivity contribution >= 4 is 21.8 Å². The number of hydrogen-bond acceptors (Lipinski definition) is 5. The normalized spacial score (nSPS) is 14.4. The Hall–Kier alpha value is -1.69. The minimum atomic E-state index is 0.262. The maximum atomic E-state index is 5.93. The van der Waals surface area contributed by atoms with Crippen LogP contribution in [0.3, 0.4) is 0 Å². The molecule has 1 aromatic carbocycles. The van der Waals surface area contributed by atoms with E-state index in [1.807, 2.05) is 12.1 Å². The van der Waals surface area contributed by atoms with Gasteiger partial charge in [0.05, 0.1) is 18.8 Å². The molecule has 100 valence electrons. The summed E-state index contributed by atoms with van der Waals surface area (Å²) < 4.78 is 17.1. The predicted molar refractivity (Wildman–Crippen MR) is 74.3 cm³/mol. The van der Waals surface area contributed by atoms with Crippen LogP contribution in [0.5, 0.6) is 11.5 Å². The molecule has 5 nitrogen and oxygen atoms in total. The molecule has 0 amide bonds. The Kier molecular flexibility index (Phi) is 3.10. The summed E-state index contributed by atoms with van der Waals surface area (Å²) in [6, 6.07) is 5.45. The highest BCUT2D eigenvalue weighted by Gasteiger charge is 2.27. The largest absolute Gasteiger partial charge is 0.493 e. The van der Waals surface area contributed by atoms with Gasteiger partial charge in [0.2, 0.25) is 5.88 Å². The first kappa shape index (κ1) is 12.3. The lowest BCUT2D eigenvalue weighted by Crippen LogP contribution is -2.01. The highest BCUT2D eigenvalue weighted by atomic mass is 79.9. The topological polar surface area (TPSA) is 70.5 Å². The molecular weight excluding hydrogens is 312 g/mol. The van der Waals surface area contributed by atoms with Gasteiger partial charge >= 0.3 is 0 Å². The number of methoxy groups -OCH3 is 1. The average Bonchev–Trinajstić information content (AvgIpc) is 3.11. The summed E-state index contributed by atoms with van der Waals surface area (Å²) in [5.74, 6) is 1.62. The van der Waals surface area contributed by atoms with E-state index in [0.717, 1.165) is 22.9 Å². The van der Waals surface area contributed by atoms with Gasteiger partial charge in [-0.2, -0.15) is 0 Å². The summed E-state index contributed by atoms with van der Waals surface area (Å²) in [5.41, 5.74) is 7.01. The second-order valence-electron chi connectivity index (χ2n) is 4.42. The molecule has 0 saturated heterocycles. The fourth-order valence-corrected chi connectivity index (χ4v) is 2.24. The van der Waals surface area contributed by atoms with Crippen molar-refractivity contribution in [3.05, 3.63) is 22.7 Å². The van der Waals surface area contributed by atoms with Gasteiger partial charge in [0.15, 0.2) is 11.5 Å². The molecular formula is C13H13BrN2O3. The van der Waals surface area contributed by atoms with Crippen molar-refractivity contribution in [1.82, 2.24) is 5.16 Å².